The van der Waals surface area contributed by atoms with Crippen molar-refractivity contribution in [3.8, 4) is 6.07 Å². The van der Waals surface area contributed by atoms with Crippen LogP contribution < -0.4 is 5.32 Å². The van der Waals surface area contributed by atoms with Gasteiger partial charge in [0.25, 0.3) is 0 Å². The third kappa shape index (κ3) is 3.01. The largest absolute Gasteiger partial charge is 0.373 e. The van der Waals surface area contributed by atoms with E-state index in [1.807, 2.05) is 26.1 Å². The molecular formula is C19H24N4O. The molecule has 1 aromatic rings. The van der Waals surface area contributed by atoms with Crippen molar-refractivity contribution in [2.24, 2.45) is 5.41 Å². The summed E-state index contributed by atoms with van der Waals surface area (Å²) < 4.78 is 0. The first-order chi connectivity index (χ1) is 11.5. The zero-order valence-electron chi connectivity index (χ0n) is 14.6. The van der Waals surface area contributed by atoms with Crippen LogP contribution in [0.1, 0.15) is 43.9 Å². The molecule has 3 rings (SSSR count). The number of anilines is 1. The number of ketones is 1. The molecule has 2 fully saturated rings. The van der Waals surface area contributed by atoms with Crippen molar-refractivity contribution in [2.75, 3.05) is 25.5 Å². The monoisotopic (exact) mass is 324 g/mol. The van der Waals surface area contributed by atoms with E-state index >= 15 is 0 Å². The smallest absolute Gasteiger partial charge is 0.172 e. The number of nitrogens with zero attached hydrogens (tertiary/aromatic N) is 3. The Morgan fingerprint density at radius 3 is 2.46 bits per heavy atom. The van der Waals surface area contributed by atoms with Crippen molar-refractivity contribution < 1.29 is 4.79 Å². The van der Waals surface area contributed by atoms with Crippen molar-refractivity contribution in [1.29, 1.82) is 5.26 Å². The van der Waals surface area contributed by atoms with Crippen molar-refractivity contribution in [2.45, 2.75) is 39.5 Å². The van der Waals surface area contributed by atoms with Crippen LogP contribution in [0.4, 0.5) is 5.82 Å². The van der Waals surface area contributed by atoms with Gasteiger partial charge in [-0.1, -0.05) is 6.07 Å². The molecule has 0 radical (unpaired) electrons. The average molecular weight is 324 g/mol. The van der Waals surface area contributed by atoms with Gasteiger partial charge in [-0.3, -0.25) is 4.79 Å². The molecule has 0 bridgehead atoms. The molecule has 1 aliphatic heterocycles. The molecule has 0 aromatic carbocycles. The number of aromatic nitrogens is 1. The van der Waals surface area contributed by atoms with Gasteiger partial charge in [-0.15, -0.1) is 0 Å². The minimum absolute atomic E-state index is 0.199. The first kappa shape index (κ1) is 16.5. The van der Waals surface area contributed by atoms with E-state index < -0.39 is 0 Å². The highest BCUT2D eigenvalue weighted by Crippen LogP contribution is 2.54. The van der Waals surface area contributed by atoms with Crippen LogP contribution >= 0.6 is 0 Å². The molecule has 1 saturated heterocycles. The van der Waals surface area contributed by atoms with Gasteiger partial charge in [0, 0.05) is 20.1 Å². The molecule has 2 heterocycles. The molecule has 0 amide bonds. The zero-order valence-corrected chi connectivity index (χ0v) is 14.6. The standard InChI is InChI=1S/C19H24N4O/c1-13-4-5-16(21-3)22-17(13)18(15(12-20)14(2)24)23-10-8-19(6-7-19)9-11-23/h4-5H,6-11H2,1-3H3,(H,21,22)/b18-15+. The minimum Gasteiger partial charge on any atom is -0.373 e. The molecule has 0 atom stereocenters. The SMILES string of the molecule is CNc1ccc(C)c(/C(=C(/C#N)C(C)=O)N2CCC3(CC2)CC3)n1. The predicted molar refractivity (Wildman–Crippen MR) is 94.2 cm³/mol. The summed E-state index contributed by atoms with van der Waals surface area (Å²) in [5.41, 5.74) is 3.17. The van der Waals surface area contributed by atoms with Gasteiger partial charge in [-0.25, -0.2) is 4.98 Å². The van der Waals surface area contributed by atoms with Crippen molar-refractivity contribution in [3.63, 3.8) is 0 Å². The fraction of sp³-hybridized carbons (Fsp3) is 0.526. The minimum atomic E-state index is -0.199. The van der Waals surface area contributed by atoms with E-state index in [2.05, 4.69) is 21.3 Å². The Morgan fingerprint density at radius 1 is 1.29 bits per heavy atom. The topological polar surface area (TPSA) is 69.0 Å². The molecule has 1 saturated carbocycles. The summed E-state index contributed by atoms with van der Waals surface area (Å²) >= 11 is 0. The summed E-state index contributed by atoms with van der Waals surface area (Å²) in [4.78, 5) is 18.9. The number of hydrogen-bond donors (Lipinski definition) is 1. The fourth-order valence-corrected chi connectivity index (χ4v) is 3.51. The first-order valence-corrected chi connectivity index (χ1v) is 8.56. The number of nitrogens with one attached hydrogen (secondary N) is 1. The maximum atomic E-state index is 12.1. The number of pyridine rings is 1. The van der Waals surface area contributed by atoms with E-state index in [-0.39, 0.29) is 11.4 Å². The average Bonchev–Trinajstić information content (AvgIpc) is 3.33. The number of likely N-dealkylation sites (tertiary alicyclic amines) is 1. The molecule has 24 heavy (non-hydrogen) atoms. The Balaban J connectivity index is 2.06. The number of aryl methyl sites for hydroxylation is 1. The van der Waals surface area contributed by atoms with Gasteiger partial charge in [0.2, 0.25) is 0 Å². The van der Waals surface area contributed by atoms with E-state index in [1.165, 1.54) is 19.8 Å². The number of hydrogen-bond acceptors (Lipinski definition) is 5. The van der Waals surface area contributed by atoms with Gasteiger partial charge < -0.3 is 10.2 Å². The normalized spacial score (nSPS) is 19.5. The van der Waals surface area contributed by atoms with Gasteiger partial charge in [0.15, 0.2) is 5.78 Å². The number of rotatable bonds is 4. The second-order valence-corrected chi connectivity index (χ2v) is 6.99. The van der Waals surface area contributed by atoms with Crippen LogP contribution in [-0.2, 0) is 4.79 Å². The number of piperidine rings is 1. The van der Waals surface area contributed by atoms with Crippen LogP contribution in [-0.4, -0.2) is 35.8 Å². The van der Waals surface area contributed by atoms with E-state index in [9.17, 15) is 10.1 Å². The lowest BCUT2D eigenvalue weighted by Gasteiger charge is -2.36. The van der Waals surface area contributed by atoms with Gasteiger partial charge in [-0.2, -0.15) is 5.26 Å². The van der Waals surface area contributed by atoms with Crippen LogP contribution in [0.5, 0.6) is 0 Å². The Bertz CT molecular complexity index is 730. The molecule has 1 aliphatic carbocycles. The van der Waals surface area contributed by atoms with E-state index in [0.717, 1.165) is 43.0 Å². The summed E-state index contributed by atoms with van der Waals surface area (Å²) in [6.07, 6.45) is 4.92. The number of nitriles is 1. The van der Waals surface area contributed by atoms with Gasteiger partial charge in [0.05, 0.1) is 11.4 Å². The molecular weight excluding hydrogens is 300 g/mol. The zero-order chi connectivity index (χ0) is 17.3. The highest BCUT2D eigenvalue weighted by molar-refractivity contribution is 6.04. The maximum absolute atomic E-state index is 12.1. The summed E-state index contributed by atoms with van der Waals surface area (Å²) in [5.74, 6) is 0.542. The van der Waals surface area contributed by atoms with Crippen molar-refractivity contribution >= 4 is 17.3 Å². The third-order valence-electron chi connectivity index (χ3n) is 5.38. The lowest BCUT2D eigenvalue weighted by Crippen LogP contribution is -2.34. The number of carbonyl (C=O) groups is 1. The Labute approximate surface area is 143 Å². The molecule has 5 nitrogen and oxygen atoms in total. The van der Waals surface area contributed by atoms with E-state index in [4.69, 9.17) is 0 Å². The van der Waals surface area contributed by atoms with Crippen molar-refractivity contribution in [3.05, 3.63) is 29.0 Å². The summed E-state index contributed by atoms with van der Waals surface area (Å²) in [6, 6.07) is 6.02. The molecule has 126 valence electrons. The van der Waals surface area contributed by atoms with Crippen LogP contribution in [0.2, 0.25) is 0 Å². The highest BCUT2D eigenvalue weighted by Gasteiger charge is 2.45. The Morgan fingerprint density at radius 2 is 1.96 bits per heavy atom. The van der Waals surface area contributed by atoms with Crippen LogP contribution in [0, 0.1) is 23.7 Å². The molecule has 2 aliphatic rings. The second kappa shape index (κ2) is 6.27. The maximum Gasteiger partial charge on any atom is 0.172 e. The van der Waals surface area contributed by atoms with E-state index in [1.54, 1.807) is 0 Å². The van der Waals surface area contributed by atoms with E-state index in [0.29, 0.717) is 11.1 Å². The lowest BCUT2D eigenvalue weighted by atomic mass is 9.92. The molecule has 1 spiro atoms. The molecule has 1 N–H and O–H groups in total. The highest BCUT2D eigenvalue weighted by atomic mass is 16.1. The van der Waals surface area contributed by atoms with Crippen LogP contribution in [0.3, 0.4) is 0 Å². The Kier molecular flexibility index (Phi) is 4.31. The predicted octanol–water partition coefficient (Wildman–Crippen LogP) is 3.13. The number of carbonyl (C=O) groups excluding carboxylic acids is 1. The quantitative estimate of drug-likeness (QED) is 0.681. The van der Waals surface area contributed by atoms with Gasteiger partial charge in [-0.05, 0) is 56.6 Å². The summed E-state index contributed by atoms with van der Waals surface area (Å²) in [5, 5.41) is 12.6. The molecule has 0 unspecified atom stereocenters. The fourth-order valence-electron chi connectivity index (χ4n) is 3.51. The first-order valence-electron chi connectivity index (χ1n) is 8.56. The number of allylic oxidation sites excluding steroid dienone is 1. The Hall–Kier alpha value is -2.35. The summed E-state index contributed by atoms with van der Waals surface area (Å²) in [6.45, 7) is 5.21. The van der Waals surface area contributed by atoms with Gasteiger partial charge in [0.1, 0.15) is 17.5 Å². The van der Waals surface area contributed by atoms with Crippen LogP contribution in [0.15, 0.2) is 17.7 Å². The van der Waals surface area contributed by atoms with Crippen molar-refractivity contribution in [1.82, 2.24) is 9.88 Å². The third-order valence-corrected chi connectivity index (χ3v) is 5.38. The van der Waals surface area contributed by atoms with Crippen LogP contribution in [0.25, 0.3) is 5.70 Å². The van der Waals surface area contributed by atoms with Gasteiger partial charge >= 0.3 is 0 Å². The molecule has 1 aromatic heterocycles. The lowest BCUT2D eigenvalue weighted by molar-refractivity contribution is -0.113. The summed E-state index contributed by atoms with van der Waals surface area (Å²) in [7, 11) is 1.82. The second-order valence-electron chi connectivity index (χ2n) is 6.99. The number of Topliss-reactive ketones (excluding diaryl/α,β-unsaturated/α-hetero) is 1. The molecule has 5 heteroatoms.